The summed E-state index contributed by atoms with van der Waals surface area (Å²) in [7, 11) is 0. The van der Waals surface area contributed by atoms with Crippen molar-refractivity contribution in [2.24, 2.45) is 0 Å². The van der Waals surface area contributed by atoms with E-state index in [0.29, 0.717) is 0 Å². The SMILES string of the molecule is ClC(Cl)(Cl)Cl.Cl[Si](Cl)(Cl)Cl. The van der Waals surface area contributed by atoms with Crippen LogP contribution in [-0.4, -0.2) is 8.56 Å². The van der Waals surface area contributed by atoms with Crippen molar-refractivity contribution in [3.8, 4) is 0 Å². The minimum Gasteiger partial charge on any atom is -0.110 e. The second-order valence-corrected chi connectivity index (χ2v) is 15.4. The lowest BCUT2D eigenvalue weighted by Crippen LogP contribution is -1.91. The molecule has 9 heteroatoms. The summed E-state index contributed by atoms with van der Waals surface area (Å²) in [6.45, 7) is 0. The van der Waals surface area contributed by atoms with Gasteiger partial charge in [-0.05, 0) is 0 Å². The standard InChI is InChI=1S/CCl4.Cl4Si/c2-1(3,4)5;1-5(2,3)4. The molecule has 0 aliphatic rings. The molecule has 0 heterocycles. The Labute approximate surface area is 98.4 Å². The molecule has 0 aromatic heterocycles. The van der Waals surface area contributed by atoms with Crippen molar-refractivity contribution in [2.75, 3.05) is 0 Å². The van der Waals surface area contributed by atoms with Crippen molar-refractivity contribution in [3.63, 3.8) is 0 Å². The smallest absolute Gasteiger partial charge is 0.110 e. The summed E-state index contributed by atoms with van der Waals surface area (Å²) in [4.78, 5) is 0. The van der Waals surface area contributed by atoms with Gasteiger partial charge in [-0.1, -0.05) is 46.4 Å². The first-order valence-electron chi connectivity index (χ1n) is 1.51. The van der Waals surface area contributed by atoms with Gasteiger partial charge in [0.2, 0.25) is 0 Å². The molecule has 0 aliphatic carbocycles. The minimum atomic E-state index is -2.72. The van der Waals surface area contributed by atoms with Crippen molar-refractivity contribution in [1.82, 2.24) is 0 Å². The molecule has 0 saturated carbocycles. The molecule has 0 aliphatic heterocycles. The number of halogens is 8. The van der Waals surface area contributed by atoms with Gasteiger partial charge in [0.15, 0.2) is 0 Å². The van der Waals surface area contributed by atoms with Gasteiger partial charge in [-0.15, -0.1) is 44.3 Å². The van der Waals surface area contributed by atoms with Crippen LogP contribution >= 0.6 is 90.7 Å². The Morgan fingerprint density at radius 1 is 0.700 bits per heavy atom. The largest absolute Gasteiger partial charge is 0.440 e. The van der Waals surface area contributed by atoms with Crippen molar-refractivity contribution >= 4 is 96.0 Å². The molecule has 0 N–H and O–H groups in total. The van der Waals surface area contributed by atoms with Crippen molar-refractivity contribution in [2.45, 2.75) is 3.25 Å². The fourth-order valence-corrected chi connectivity index (χ4v) is 0. The van der Waals surface area contributed by atoms with Crippen LogP contribution in [0.25, 0.3) is 0 Å². The van der Waals surface area contributed by atoms with Crippen LogP contribution in [-0.2, 0) is 0 Å². The maximum Gasteiger partial charge on any atom is 0.440 e. The van der Waals surface area contributed by atoms with E-state index in [2.05, 4.69) is 0 Å². The first-order chi connectivity index (χ1) is 4.00. The highest BCUT2D eigenvalue weighted by atomic mass is 36.0. The van der Waals surface area contributed by atoms with Crippen molar-refractivity contribution in [1.29, 1.82) is 0 Å². The quantitative estimate of drug-likeness (QED) is 0.337. The molecule has 0 fully saturated rings. The average Bonchev–Trinajstić information content (AvgIpc) is 1.12. The van der Waals surface area contributed by atoms with Crippen LogP contribution in [0.3, 0.4) is 0 Å². The summed E-state index contributed by atoms with van der Waals surface area (Å²) >= 11 is 39.2. The Hall–Kier alpha value is 2.54. The Morgan fingerprint density at radius 3 is 0.700 bits per heavy atom. The van der Waals surface area contributed by atoms with Crippen LogP contribution in [0.5, 0.6) is 0 Å². The van der Waals surface area contributed by atoms with E-state index < -0.39 is 8.56 Å². The Morgan fingerprint density at radius 2 is 0.700 bits per heavy atom. The summed E-state index contributed by atoms with van der Waals surface area (Å²) in [5.41, 5.74) is 0. The van der Waals surface area contributed by atoms with Gasteiger partial charge < -0.3 is 0 Å². The molecule has 0 aromatic carbocycles. The lowest BCUT2D eigenvalue weighted by molar-refractivity contribution is 1.76. The van der Waals surface area contributed by atoms with Crippen LogP contribution < -0.4 is 0 Å². The highest BCUT2D eigenvalue weighted by Crippen LogP contribution is 2.29. The number of hydrogen-bond acceptors (Lipinski definition) is 0. The Bertz CT molecular complexity index is 52.2. The molecule has 0 amide bonds. The average molecular weight is 324 g/mol. The monoisotopic (exact) mass is 320 g/mol. The van der Waals surface area contributed by atoms with Gasteiger partial charge >= 0.3 is 5.31 Å². The van der Waals surface area contributed by atoms with Gasteiger partial charge in [0.25, 0.3) is 3.25 Å². The third-order valence-corrected chi connectivity index (χ3v) is 0. The van der Waals surface area contributed by atoms with E-state index in [1.54, 1.807) is 0 Å². The summed E-state index contributed by atoms with van der Waals surface area (Å²) in [6.07, 6.45) is 0. The van der Waals surface area contributed by atoms with E-state index in [-0.39, 0.29) is 0 Å². The second kappa shape index (κ2) is 6.06. The van der Waals surface area contributed by atoms with Gasteiger partial charge in [-0.2, -0.15) is 0 Å². The van der Waals surface area contributed by atoms with E-state index in [1.807, 2.05) is 0 Å². The Kier molecular flexibility index (Phi) is 9.11. The molecule has 0 spiro atoms. The second-order valence-electron chi connectivity index (χ2n) is 0.857. The molecule has 0 aromatic rings. The fraction of sp³-hybridized carbons (Fsp3) is 1.00. The first-order valence-corrected chi connectivity index (χ1v) is 9.07. The number of rotatable bonds is 0. The molecule has 0 radical (unpaired) electrons. The zero-order chi connectivity index (χ0) is 9.00. The molecule has 0 bridgehead atoms. The molecule has 0 nitrogen and oxygen atoms in total. The molecule has 0 atom stereocenters. The van der Waals surface area contributed by atoms with Crippen LogP contribution in [0.1, 0.15) is 0 Å². The molecule has 10 heavy (non-hydrogen) atoms. The summed E-state index contributed by atoms with van der Waals surface area (Å²) in [6, 6.07) is 0. The zero-order valence-corrected chi connectivity index (χ0v) is 11.1. The van der Waals surface area contributed by atoms with E-state index in [9.17, 15) is 0 Å². The maximum atomic E-state index is 4.97. The van der Waals surface area contributed by atoms with Gasteiger partial charge in [0, 0.05) is 0 Å². The first kappa shape index (κ1) is 15.0. The predicted octanol–water partition coefficient (Wildman–Crippen LogP) is 4.93. The molecule has 0 unspecified atom stereocenters. The van der Waals surface area contributed by atoms with Gasteiger partial charge in [0.05, 0.1) is 0 Å². The van der Waals surface area contributed by atoms with Crippen LogP contribution in [0.15, 0.2) is 0 Å². The maximum absolute atomic E-state index is 4.97. The number of hydrogen-bond donors (Lipinski definition) is 0. The summed E-state index contributed by atoms with van der Waals surface area (Å²) in [5, 5.41) is -2.72. The topological polar surface area (TPSA) is 0 Å². The molecule has 64 valence electrons. The van der Waals surface area contributed by atoms with Gasteiger partial charge in [-0.25, -0.2) is 0 Å². The third-order valence-electron chi connectivity index (χ3n) is 0. The van der Waals surface area contributed by atoms with E-state index in [0.717, 1.165) is 0 Å². The van der Waals surface area contributed by atoms with E-state index >= 15 is 0 Å². The highest BCUT2D eigenvalue weighted by molar-refractivity contribution is 7.81. The van der Waals surface area contributed by atoms with Crippen LogP contribution in [0.4, 0.5) is 0 Å². The molecular formula is CCl8Si. The highest BCUT2D eigenvalue weighted by Gasteiger charge is 2.19. The summed E-state index contributed by atoms with van der Waals surface area (Å²) in [5.74, 6) is 0. The lowest BCUT2D eigenvalue weighted by atomic mass is 11.8. The normalized spacial score (nSPS) is 12.0. The molecular weight excluding hydrogens is 324 g/mol. The Balaban J connectivity index is 0. The summed E-state index contributed by atoms with van der Waals surface area (Å²) < 4.78 is -1.61. The van der Waals surface area contributed by atoms with Gasteiger partial charge in [0.1, 0.15) is 0 Å². The van der Waals surface area contributed by atoms with Crippen LogP contribution in [0.2, 0.25) is 0 Å². The van der Waals surface area contributed by atoms with Crippen LogP contribution in [0, 0.1) is 0 Å². The van der Waals surface area contributed by atoms with Crippen molar-refractivity contribution in [3.05, 3.63) is 0 Å². The third kappa shape index (κ3) is 149. The molecule has 0 saturated heterocycles. The number of alkyl halides is 4. The zero-order valence-electron chi connectivity index (χ0n) is 4.02. The predicted molar refractivity (Wildman–Crippen MR) is 55.3 cm³/mol. The minimum absolute atomic E-state index is 1.61. The van der Waals surface area contributed by atoms with E-state index in [4.69, 9.17) is 90.7 Å². The fourth-order valence-electron chi connectivity index (χ4n) is 0. The van der Waals surface area contributed by atoms with E-state index in [1.165, 1.54) is 0 Å². The molecule has 0 rings (SSSR count). The lowest BCUT2D eigenvalue weighted by Gasteiger charge is -1.91. The van der Waals surface area contributed by atoms with Crippen molar-refractivity contribution < 1.29 is 0 Å². The van der Waals surface area contributed by atoms with Gasteiger partial charge in [-0.3, -0.25) is 0 Å².